The number of hydrogen-bond acceptors (Lipinski definition) is 7. The Morgan fingerprint density at radius 1 is 1.03 bits per heavy atom. The van der Waals surface area contributed by atoms with Crippen LogP contribution in [-0.2, 0) is 16.1 Å². The van der Waals surface area contributed by atoms with Gasteiger partial charge in [-0.05, 0) is 43.1 Å². The van der Waals surface area contributed by atoms with Gasteiger partial charge in [-0.2, -0.15) is 4.37 Å². The Kier molecular flexibility index (Phi) is 7.56. The van der Waals surface area contributed by atoms with Gasteiger partial charge in [-0.1, -0.05) is 42.0 Å². The fraction of sp³-hybridized carbons (Fsp3) is 0.217. The first-order valence-electron chi connectivity index (χ1n) is 9.92. The Morgan fingerprint density at radius 3 is 2.47 bits per heavy atom. The highest BCUT2D eigenvalue weighted by atomic mass is 32.1. The lowest BCUT2D eigenvalue weighted by Gasteiger charge is -2.12. The third-order valence-electron chi connectivity index (χ3n) is 4.65. The van der Waals surface area contributed by atoms with Gasteiger partial charge in [0, 0.05) is 13.6 Å². The van der Waals surface area contributed by atoms with Gasteiger partial charge in [0.1, 0.15) is 10.6 Å². The van der Waals surface area contributed by atoms with Crippen molar-refractivity contribution >= 4 is 40.0 Å². The Balaban J connectivity index is 1.59. The van der Waals surface area contributed by atoms with Crippen LogP contribution in [0.5, 0.6) is 0 Å². The largest absolute Gasteiger partial charge is 0.452 e. The molecule has 3 rings (SSSR count). The van der Waals surface area contributed by atoms with Crippen molar-refractivity contribution in [3.05, 3.63) is 76.5 Å². The van der Waals surface area contributed by atoms with E-state index in [0.29, 0.717) is 34.1 Å². The highest BCUT2D eigenvalue weighted by molar-refractivity contribution is 7.10. The van der Waals surface area contributed by atoms with E-state index in [1.807, 2.05) is 31.2 Å². The third-order valence-corrected chi connectivity index (χ3v) is 5.60. The quantitative estimate of drug-likeness (QED) is 0.451. The summed E-state index contributed by atoms with van der Waals surface area (Å²) in [6, 6.07) is 14.5. The van der Waals surface area contributed by atoms with Crippen molar-refractivity contribution in [1.82, 2.24) is 9.69 Å². The molecule has 166 valence electrons. The molecule has 0 radical (unpaired) electrons. The van der Waals surface area contributed by atoms with E-state index in [1.54, 1.807) is 38.2 Å². The lowest BCUT2D eigenvalue weighted by atomic mass is 10.1. The Hall–Kier alpha value is -3.72. The second-order valence-corrected chi connectivity index (χ2v) is 7.83. The van der Waals surface area contributed by atoms with Crippen LogP contribution in [0, 0.1) is 13.8 Å². The molecule has 0 aliphatic carbocycles. The van der Waals surface area contributed by atoms with E-state index in [1.165, 1.54) is 0 Å². The van der Waals surface area contributed by atoms with Gasteiger partial charge >= 0.3 is 5.97 Å². The zero-order valence-corrected chi connectivity index (χ0v) is 18.8. The molecule has 1 aromatic heterocycles. The summed E-state index contributed by atoms with van der Waals surface area (Å²) in [7, 11) is 1.68. The number of esters is 1. The van der Waals surface area contributed by atoms with Crippen LogP contribution in [0.2, 0.25) is 0 Å². The number of benzene rings is 2. The van der Waals surface area contributed by atoms with Gasteiger partial charge in [0.15, 0.2) is 6.61 Å². The van der Waals surface area contributed by atoms with E-state index in [9.17, 15) is 14.4 Å². The molecule has 0 saturated carbocycles. The molecule has 2 amide bonds. The summed E-state index contributed by atoms with van der Waals surface area (Å²) in [5, 5.41) is 8.94. The third kappa shape index (κ3) is 5.70. The number of hydrogen-bond donors (Lipinski definition) is 3. The Morgan fingerprint density at radius 2 is 1.75 bits per heavy atom. The molecule has 0 aliphatic heterocycles. The summed E-state index contributed by atoms with van der Waals surface area (Å²) < 4.78 is 9.25. The molecule has 0 saturated heterocycles. The monoisotopic (exact) mass is 452 g/mol. The number of aromatic nitrogens is 1. The molecule has 0 fully saturated rings. The number of aryl methyl sites for hydroxylation is 2. The minimum atomic E-state index is -0.639. The maximum atomic E-state index is 12.7. The highest BCUT2D eigenvalue weighted by Crippen LogP contribution is 2.24. The van der Waals surface area contributed by atoms with E-state index >= 15 is 0 Å². The zero-order valence-electron chi connectivity index (χ0n) is 18.0. The first kappa shape index (κ1) is 23.0. The second-order valence-electron chi connectivity index (χ2n) is 7.06. The van der Waals surface area contributed by atoms with Gasteiger partial charge in [0.25, 0.3) is 11.8 Å². The standard InChI is InChI=1S/C23H24N4O4S/c1-14-8-10-16(11-9-14)12-25-21(29)17-6-4-5-7-18(17)26-19(28)13-31-23(30)20-15(2)27-32-22(20)24-3/h4-11,24H,12-13H2,1-3H3,(H,25,29)(H,26,28). The number of carbonyl (C=O) groups excluding carboxylic acids is 3. The zero-order chi connectivity index (χ0) is 23.1. The van der Waals surface area contributed by atoms with Crippen LogP contribution in [0.4, 0.5) is 10.7 Å². The van der Waals surface area contributed by atoms with Crippen LogP contribution in [0.1, 0.15) is 37.5 Å². The normalized spacial score (nSPS) is 10.3. The van der Waals surface area contributed by atoms with Gasteiger partial charge in [-0.25, -0.2) is 4.79 Å². The number of amides is 2. The molecule has 32 heavy (non-hydrogen) atoms. The molecule has 0 unspecified atom stereocenters. The lowest BCUT2D eigenvalue weighted by Crippen LogP contribution is -2.26. The number of ether oxygens (including phenoxy) is 1. The fourth-order valence-electron chi connectivity index (χ4n) is 2.94. The van der Waals surface area contributed by atoms with Crippen molar-refractivity contribution in [2.45, 2.75) is 20.4 Å². The van der Waals surface area contributed by atoms with Crippen molar-refractivity contribution in [3.8, 4) is 0 Å². The topological polar surface area (TPSA) is 109 Å². The molecule has 0 spiro atoms. The van der Waals surface area contributed by atoms with Crippen molar-refractivity contribution in [2.75, 3.05) is 24.3 Å². The summed E-state index contributed by atoms with van der Waals surface area (Å²) in [6.07, 6.45) is 0. The van der Waals surface area contributed by atoms with Crippen LogP contribution in [0.15, 0.2) is 48.5 Å². The van der Waals surface area contributed by atoms with E-state index in [-0.39, 0.29) is 5.91 Å². The summed E-state index contributed by atoms with van der Waals surface area (Å²) >= 11 is 1.14. The minimum absolute atomic E-state index is 0.307. The average Bonchev–Trinajstić information content (AvgIpc) is 3.17. The SMILES string of the molecule is CNc1snc(C)c1C(=O)OCC(=O)Nc1ccccc1C(=O)NCc1ccc(C)cc1. The summed E-state index contributed by atoms with van der Waals surface area (Å²) in [5.74, 6) is -1.51. The molecule has 2 aromatic carbocycles. The van der Waals surface area contributed by atoms with Gasteiger partial charge in [0.2, 0.25) is 0 Å². The number of nitrogens with zero attached hydrogens (tertiary/aromatic N) is 1. The predicted molar refractivity (Wildman–Crippen MR) is 124 cm³/mol. The van der Waals surface area contributed by atoms with Crippen LogP contribution < -0.4 is 16.0 Å². The summed E-state index contributed by atoms with van der Waals surface area (Å²) in [6.45, 7) is 3.56. The molecular formula is C23H24N4O4S. The molecule has 0 atom stereocenters. The molecular weight excluding hydrogens is 428 g/mol. The van der Waals surface area contributed by atoms with E-state index < -0.39 is 18.5 Å². The number of nitrogens with one attached hydrogen (secondary N) is 3. The van der Waals surface area contributed by atoms with Gasteiger partial charge < -0.3 is 20.7 Å². The maximum absolute atomic E-state index is 12.7. The van der Waals surface area contributed by atoms with Crippen LogP contribution >= 0.6 is 11.5 Å². The molecule has 3 N–H and O–H groups in total. The van der Waals surface area contributed by atoms with Crippen LogP contribution in [-0.4, -0.2) is 35.8 Å². The highest BCUT2D eigenvalue weighted by Gasteiger charge is 2.20. The van der Waals surface area contributed by atoms with Crippen molar-refractivity contribution in [2.24, 2.45) is 0 Å². The van der Waals surface area contributed by atoms with E-state index in [0.717, 1.165) is 22.7 Å². The first-order chi connectivity index (χ1) is 15.4. The molecule has 3 aromatic rings. The van der Waals surface area contributed by atoms with Crippen LogP contribution in [0.3, 0.4) is 0 Å². The predicted octanol–water partition coefficient (Wildman–Crippen LogP) is 3.53. The Labute approximate surface area is 190 Å². The first-order valence-corrected chi connectivity index (χ1v) is 10.7. The lowest BCUT2D eigenvalue weighted by molar-refractivity contribution is -0.119. The van der Waals surface area contributed by atoms with Crippen molar-refractivity contribution < 1.29 is 19.1 Å². The van der Waals surface area contributed by atoms with Gasteiger partial charge in [0.05, 0.1) is 16.9 Å². The smallest absolute Gasteiger partial charge is 0.343 e. The minimum Gasteiger partial charge on any atom is -0.452 e. The molecule has 0 bridgehead atoms. The second kappa shape index (κ2) is 10.5. The number of carbonyl (C=O) groups is 3. The molecule has 1 heterocycles. The van der Waals surface area contributed by atoms with E-state index in [2.05, 4.69) is 20.3 Å². The number of para-hydroxylation sites is 1. The Bertz CT molecular complexity index is 1130. The summed E-state index contributed by atoms with van der Waals surface area (Å²) in [5.41, 5.74) is 3.59. The van der Waals surface area contributed by atoms with Gasteiger partial charge in [-0.15, -0.1) is 0 Å². The fourth-order valence-corrected chi connectivity index (χ4v) is 3.68. The molecule has 9 heteroatoms. The average molecular weight is 453 g/mol. The maximum Gasteiger partial charge on any atom is 0.343 e. The number of rotatable bonds is 8. The van der Waals surface area contributed by atoms with Gasteiger partial charge in [-0.3, -0.25) is 9.59 Å². The number of anilines is 2. The van der Waals surface area contributed by atoms with E-state index in [4.69, 9.17) is 4.74 Å². The summed E-state index contributed by atoms with van der Waals surface area (Å²) in [4.78, 5) is 37.4. The molecule has 8 nitrogen and oxygen atoms in total. The van der Waals surface area contributed by atoms with Crippen molar-refractivity contribution in [3.63, 3.8) is 0 Å². The van der Waals surface area contributed by atoms with Crippen LogP contribution in [0.25, 0.3) is 0 Å². The van der Waals surface area contributed by atoms with Crippen molar-refractivity contribution in [1.29, 1.82) is 0 Å². The molecule has 0 aliphatic rings.